The van der Waals surface area contributed by atoms with Gasteiger partial charge >= 0.3 is 6.09 Å². The number of H-pyrrole nitrogens is 1. The van der Waals surface area contributed by atoms with Crippen LogP contribution < -0.4 is 10.6 Å². The number of anilines is 1. The summed E-state index contributed by atoms with van der Waals surface area (Å²) in [6.07, 6.45) is 2.93. The molecule has 2 aromatic carbocycles. The summed E-state index contributed by atoms with van der Waals surface area (Å²) < 4.78 is 5.27. The highest BCUT2D eigenvalue weighted by Gasteiger charge is 2.55. The van der Waals surface area contributed by atoms with Crippen LogP contribution in [0.25, 0.3) is 11.0 Å². The molecule has 0 unspecified atom stereocenters. The molecule has 10 heteroatoms. The number of benzene rings is 2. The Kier molecular flexibility index (Phi) is 5.43. The van der Waals surface area contributed by atoms with Gasteiger partial charge < -0.3 is 15.4 Å². The van der Waals surface area contributed by atoms with Crippen LogP contribution in [0.4, 0.5) is 10.5 Å². The molecule has 0 aliphatic heterocycles. The van der Waals surface area contributed by atoms with Crippen LogP contribution in [-0.4, -0.2) is 33.5 Å². The summed E-state index contributed by atoms with van der Waals surface area (Å²) in [4.78, 5) is 24.6. The highest BCUT2D eigenvalue weighted by Crippen LogP contribution is 2.58. The molecule has 166 valence electrons. The Morgan fingerprint density at radius 1 is 1.09 bits per heavy atom. The monoisotopic (exact) mass is 473 g/mol. The zero-order valence-corrected chi connectivity index (χ0v) is 18.5. The number of fused-ring (bicyclic) bond motifs is 1. The van der Waals surface area contributed by atoms with Gasteiger partial charge in [0.1, 0.15) is 12.1 Å². The molecule has 3 N–H and O–H groups in total. The average molecular weight is 474 g/mol. The molecule has 3 aromatic rings. The summed E-state index contributed by atoms with van der Waals surface area (Å²) in [5.41, 5.74) is 3.14. The van der Waals surface area contributed by atoms with E-state index in [0.29, 0.717) is 21.2 Å². The Labute approximate surface area is 194 Å². The lowest BCUT2D eigenvalue weighted by molar-refractivity contribution is -0.133. The van der Waals surface area contributed by atoms with E-state index in [4.69, 9.17) is 27.9 Å². The van der Waals surface area contributed by atoms with Gasteiger partial charge in [-0.1, -0.05) is 28.4 Å². The number of nitrogens with one attached hydrogen (secondary N) is 3. The topological polar surface area (TPSA) is 109 Å². The zero-order valence-electron chi connectivity index (χ0n) is 17.0. The summed E-state index contributed by atoms with van der Waals surface area (Å²) in [5, 5.41) is 17.4. The van der Waals surface area contributed by atoms with E-state index in [9.17, 15) is 9.59 Å². The summed E-state index contributed by atoms with van der Waals surface area (Å²) >= 11 is 11.9. The van der Waals surface area contributed by atoms with Crippen LogP contribution in [0.1, 0.15) is 31.2 Å². The highest BCUT2D eigenvalue weighted by atomic mass is 35.5. The quantitative estimate of drug-likeness (QED) is 0.497. The van der Waals surface area contributed by atoms with E-state index in [2.05, 4.69) is 26.0 Å². The van der Waals surface area contributed by atoms with Crippen molar-refractivity contribution in [3.63, 3.8) is 0 Å². The SMILES string of the molecule is O=C(NC1CC2(C1)CC(C(=O)Nc1ccc3[nH]nnc3c1)C2)OCc1cc(Cl)cc(Cl)c1. The lowest BCUT2D eigenvalue weighted by atomic mass is 9.50. The molecule has 0 bridgehead atoms. The lowest BCUT2D eigenvalue weighted by Gasteiger charge is -2.57. The Morgan fingerprint density at radius 3 is 2.59 bits per heavy atom. The normalized spacial score (nSPS) is 23.9. The molecule has 0 saturated heterocycles. The van der Waals surface area contributed by atoms with Crippen molar-refractivity contribution in [1.82, 2.24) is 20.7 Å². The predicted octanol–water partition coefficient (Wildman–Crippen LogP) is 4.69. The molecule has 0 atom stereocenters. The molecule has 32 heavy (non-hydrogen) atoms. The second-order valence-electron chi connectivity index (χ2n) is 8.74. The van der Waals surface area contributed by atoms with Crippen LogP contribution in [0.2, 0.25) is 10.0 Å². The first-order valence-electron chi connectivity index (χ1n) is 10.4. The zero-order chi connectivity index (χ0) is 22.3. The van der Waals surface area contributed by atoms with E-state index < -0.39 is 6.09 Å². The highest BCUT2D eigenvalue weighted by molar-refractivity contribution is 6.34. The van der Waals surface area contributed by atoms with Crippen molar-refractivity contribution in [2.45, 2.75) is 38.3 Å². The fourth-order valence-electron chi connectivity index (χ4n) is 4.81. The minimum absolute atomic E-state index is 0.0107. The molecule has 1 spiro atoms. The molecule has 2 saturated carbocycles. The maximum atomic E-state index is 12.6. The fourth-order valence-corrected chi connectivity index (χ4v) is 5.38. The van der Waals surface area contributed by atoms with E-state index in [-0.39, 0.29) is 29.9 Å². The van der Waals surface area contributed by atoms with Crippen molar-refractivity contribution in [3.8, 4) is 0 Å². The van der Waals surface area contributed by atoms with Crippen molar-refractivity contribution in [1.29, 1.82) is 0 Å². The van der Waals surface area contributed by atoms with Gasteiger partial charge in [-0.25, -0.2) is 4.79 Å². The van der Waals surface area contributed by atoms with Gasteiger partial charge in [-0.15, -0.1) is 5.10 Å². The molecule has 2 fully saturated rings. The number of alkyl carbamates (subject to hydrolysis) is 1. The number of rotatable bonds is 5. The summed E-state index contributed by atoms with van der Waals surface area (Å²) in [5.74, 6) is 0.0120. The lowest BCUT2D eigenvalue weighted by Crippen LogP contribution is -2.57. The van der Waals surface area contributed by atoms with Gasteiger partial charge in [0.15, 0.2) is 0 Å². The van der Waals surface area contributed by atoms with Crippen LogP contribution in [0.5, 0.6) is 0 Å². The first-order valence-corrected chi connectivity index (χ1v) is 11.1. The third-order valence-electron chi connectivity index (χ3n) is 6.30. The number of aromatic amines is 1. The maximum Gasteiger partial charge on any atom is 0.407 e. The third-order valence-corrected chi connectivity index (χ3v) is 6.73. The van der Waals surface area contributed by atoms with Gasteiger partial charge in [0, 0.05) is 27.7 Å². The van der Waals surface area contributed by atoms with Gasteiger partial charge in [0.2, 0.25) is 5.91 Å². The number of carbonyl (C=O) groups is 2. The van der Waals surface area contributed by atoms with Crippen molar-refractivity contribution >= 4 is 51.9 Å². The molecule has 1 heterocycles. The van der Waals surface area contributed by atoms with E-state index in [0.717, 1.165) is 36.8 Å². The van der Waals surface area contributed by atoms with Gasteiger partial charge in [-0.05, 0) is 73.1 Å². The Balaban J connectivity index is 1.04. The van der Waals surface area contributed by atoms with Gasteiger partial charge in [0.25, 0.3) is 0 Å². The van der Waals surface area contributed by atoms with Crippen LogP contribution in [-0.2, 0) is 16.1 Å². The van der Waals surface area contributed by atoms with Crippen LogP contribution in [0, 0.1) is 11.3 Å². The fraction of sp³-hybridized carbons (Fsp3) is 0.364. The molecule has 0 radical (unpaired) electrons. The second-order valence-corrected chi connectivity index (χ2v) is 9.61. The smallest absolute Gasteiger partial charge is 0.407 e. The molecule has 2 aliphatic carbocycles. The average Bonchev–Trinajstić information content (AvgIpc) is 3.14. The largest absolute Gasteiger partial charge is 0.445 e. The van der Waals surface area contributed by atoms with Crippen molar-refractivity contribution in [2.75, 3.05) is 5.32 Å². The number of halogens is 2. The number of aromatic nitrogens is 3. The molecular formula is C22H21Cl2N5O3. The second kappa shape index (κ2) is 8.26. The number of ether oxygens (including phenoxy) is 1. The third kappa shape index (κ3) is 4.38. The Morgan fingerprint density at radius 2 is 1.84 bits per heavy atom. The van der Waals surface area contributed by atoms with E-state index >= 15 is 0 Å². The molecule has 2 amide bonds. The molecule has 2 aliphatic rings. The Hall–Kier alpha value is -2.84. The molecule has 1 aromatic heterocycles. The number of hydrogen-bond acceptors (Lipinski definition) is 5. The van der Waals surface area contributed by atoms with Gasteiger partial charge in [-0.3, -0.25) is 9.89 Å². The number of hydrogen-bond donors (Lipinski definition) is 3. The van der Waals surface area contributed by atoms with Crippen molar-refractivity contribution in [3.05, 3.63) is 52.0 Å². The summed E-state index contributed by atoms with van der Waals surface area (Å²) in [6, 6.07) is 10.6. The van der Waals surface area contributed by atoms with Gasteiger partial charge in [-0.2, -0.15) is 0 Å². The van der Waals surface area contributed by atoms with Crippen molar-refractivity contribution in [2.24, 2.45) is 11.3 Å². The van der Waals surface area contributed by atoms with Crippen LogP contribution in [0.15, 0.2) is 36.4 Å². The number of amides is 2. The van der Waals surface area contributed by atoms with Gasteiger partial charge in [0.05, 0.1) is 5.52 Å². The predicted molar refractivity (Wildman–Crippen MR) is 120 cm³/mol. The minimum atomic E-state index is -0.460. The van der Waals surface area contributed by atoms with Crippen molar-refractivity contribution < 1.29 is 14.3 Å². The maximum absolute atomic E-state index is 12.6. The van der Waals surface area contributed by atoms with Crippen LogP contribution in [0.3, 0.4) is 0 Å². The standard InChI is InChI=1S/C22H21Cl2N5O3/c23-14-3-12(4-15(24)5-14)11-32-21(31)26-17-9-22(10-17)7-13(8-22)20(30)25-16-1-2-18-19(6-16)28-29-27-18/h1-6,13,17H,7-11H2,(H,25,30)(H,26,31)(H,27,28,29). The van der Waals surface area contributed by atoms with Crippen LogP contribution >= 0.6 is 23.2 Å². The minimum Gasteiger partial charge on any atom is -0.445 e. The molecule has 5 rings (SSSR count). The summed E-state index contributed by atoms with van der Waals surface area (Å²) in [6.45, 7) is 0.104. The summed E-state index contributed by atoms with van der Waals surface area (Å²) in [7, 11) is 0. The number of nitrogens with zero attached hydrogens (tertiary/aromatic N) is 2. The van der Waals surface area contributed by atoms with E-state index in [1.165, 1.54) is 0 Å². The molecule has 8 nitrogen and oxygen atoms in total. The first-order chi connectivity index (χ1) is 15.4. The molecular weight excluding hydrogens is 453 g/mol. The number of carbonyl (C=O) groups excluding carboxylic acids is 2. The van der Waals surface area contributed by atoms with E-state index in [1.54, 1.807) is 24.3 Å². The first kappa shape index (κ1) is 21.0. The van der Waals surface area contributed by atoms with E-state index in [1.807, 2.05) is 12.1 Å². The Bertz CT molecular complexity index is 1160.